The average molecular weight is 679 g/mol. The van der Waals surface area contributed by atoms with Gasteiger partial charge < -0.3 is 23.7 Å². The summed E-state index contributed by atoms with van der Waals surface area (Å²) in [6.07, 6.45) is -8.84. The summed E-state index contributed by atoms with van der Waals surface area (Å²) in [5, 5.41) is 0. The molecule has 2 fully saturated rings. The van der Waals surface area contributed by atoms with Gasteiger partial charge in [-0.15, -0.1) is 13.2 Å². The lowest BCUT2D eigenvalue weighted by Gasteiger charge is -2.39. The van der Waals surface area contributed by atoms with E-state index in [1.807, 2.05) is 19.1 Å². The van der Waals surface area contributed by atoms with Gasteiger partial charge in [-0.05, 0) is 45.4 Å². The summed E-state index contributed by atoms with van der Waals surface area (Å²) < 4.78 is 177. The largest absolute Gasteiger partial charge is 0.573 e. The van der Waals surface area contributed by atoms with Crippen LogP contribution < -0.4 is 14.2 Å². The molecule has 0 unspecified atom stereocenters. The van der Waals surface area contributed by atoms with Gasteiger partial charge >= 0.3 is 18.6 Å². The van der Waals surface area contributed by atoms with E-state index in [1.165, 1.54) is 0 Å². The molecule has 1 heterocycles. The predicted octanol–water partition coefficient (Wildman–Crippen LogP) is 9.39. The SMILES string of the molecule is C/C=C/CCC1COC(C2CCC(C(F)(F)Oc3cc(F)c(C(F)(F)Oc4cc(F)c(OC(F)(F)F)c(F)c4)c(F)c3)CC2)OC1. The Morgan fingerprint density at radius 2 is 1.26 bits per heavy atom. The zero-order valence-corrected chi connectivity index (χ0v) is 24.1. The topological polar surface area (TPSA) is 46.2 Å². The Morgan fingerprint density at radius 3 is 1.78 bits per heavy atom. The molecule has 2 aromatic carbocycles. The third-order valence-electron chi connectivity index (χ3n) is 7.60. The summed E-state index contributed by atoms with van der Waals surface area (Å²) in [5.41, 5.74) is -2.14. The second kappa shape index (κ2) is 14.2. The Kier molecular flexibility index (Phi) is 11.0. The maximum atomic E-state index is 15.0. The molecular weight excluding hydrogens is 649 g/mol. The first-order valence-electron chi connectivity index (χ1n) is 14.2. The van der Waals surface area contributed by atoms with Crippen molar-refractivity contribution in [2.75, 3.05) is 13.2 Å². The normalized spacial score (nSPS) is 23.0. The van der Waals surface area contributed by atoms with Crippen LogP contribution in [0.1, 0.15) is 51.0 Å². The fourth-order valence-electron chi connectivity index (χ4n) is 5.36. The molecule has 0 bridgehead atoms. The summed E-state index contributed by atoms with van der Waals surface area (Å²) in [4.78, 5) is 0. The highest BCUT2D eigenvalue weighted by atomic mass is 19.4. The van der Waals surface area contributed by atoms with Gasteiger partial charge in [0.25, 0.3) is 0 Å². The van der Waals surface area contributed by atoms with Crippen LogP contribution in [0, 0.1) is 41.0 Å². The predicted molar refractivity (Wildman–Crippen MR) is 138 cm³/mol. The lowest BCUT2D eigenvalue weighted by Crippen LogP contribution is -2.42. The minimum atomic E-state index is -5.53. The van der Waals surface area contributed by atoms with Gasteiger partial charge in [-0.1, -0.05) is 12.2 Å². The van der Waals surface area contributed by atoms with E-state index in [4.69, 9.17) is 9.47 Å². The summed E-state index contributed by atoms with van der Waals surface area (Å²) in [7, 11) is 0. The van der Waals surface area contributed by atoms with Crippen molar-refractivity contribution in [1.29, 1.82) is 0 Å². The highest BCUT2D eigenvalue weighted by Crippen LogP contribution is 2.44. The molecular formula is C30H29F11O5. The zero-order valence-electron chi connectivity index (χ0n) is 24.1. The molecule has 5 nitrogen and oxygen atoms in total. The summed E-state index contributed by atoms with van der Waals surface area (Å²) in [6, 6.07) is -0.188. The highest BCUT2D eigenvalue weighted by Gasteiger charge is 2.47. The maximum Gasteiger partial charge on any atom is 0.573 e. The summed E-state index contributed by atoms with van der Waals surface area (Å²) in [6.45, 7) is 2.89. The molecule has 256 valence electrons. The third-order valence-corrected chi connectivity index (χ3v) is 7.60. The quantitative estimate of drug-likeness (QED) is 0.175. The Morgan fingerprint density at radius 1 is 0.739 bits per heavy atom. The van der Waals surface area contributed by atoms with Crippen molar-refractivity contribution < 1.29 is 72.0 Å². The fourth-order valence-corrected chi connectivity index (χ4v) is 5.36. The zero-order chi connectivity index (χ0) is 33.9. The molecule has 0 N–H and O–H groups in total. The first kappa shape index (κ1) is 35.6. The van der Waals surface area contributed by atoms with Crippen LogP contribution in [0.5, 0.6) is 17.2 Å². The van der Waals surface area contributed by atoms with Crippen LogP contribution in [0.3, 0.4) is 0 Å². The average Bonchev–Trinajstić information content (AvgIpc) is 2.94. The molecule has 1 aliphatic carbocycles. The third kappa shape index (κ3) is 8.96. The van der Waals surface area contributed by atoms with Gasteiger partial charge in [-0.2, -0.15) is 17.6 Å². The van der Waals surface area contributed by atoms with Crippen molar-refractivity contribution in [2.24, 2.45) is 17.8 Å². The van der Waals surface area contributed by atoms with Gasteiger partial charge in [0.05, 0.1) is 19.1 Å². The van der Waals surface area contributed by atoms with Gasteiger partial charge in [-0.3, -0.25) is 0 Å². The Hall–Kier alpha value is -3.27. The number of ether oxygens (including phenoxy) is 5. The van der Waals surface area contributed by atoms with Crippen molar-refractivity contribution in [2.45, 2.75) is 70.3 Å². The molecule has 0 amide bonds. The van der Waals surface area contributed by atoms with Crippen molar-refractivity contribution in [3.63, 3.8) is 0 Å². The van der Waals surface area contributed by atoms with Gasteiger partial charge in [0, 0.05) is 36.1 Å². The first-order chi connectivity index (χ1) is 21.5. The molecule has 46 heavy (non-hydrogen) atoms. The molecule has 1 saturated carbocycles. The van der Waals surface area contributed by atoms with Gasteiger partial charge in [0.2, 0.25) is 5.75 Å². The lowest BCUT2D eigenvalue weighted by atomic mass is 9.80. The second-order valence-electron chi connectivity index (χ2n) is 11.0. The van der Waals surface area contributed by atoms with Gasteiger partial charge in [0.1, 0.15) is 28.7 Å². The Bertz CT molecular complexity index is 1320. The fraction of sp³-hybridized carbons (Fsp3) is 0.533. The van der Waals surface area contributed by atoms with Gasteiger partial charge in [-0.25, -0.2) is 17.6 Å². The minimum absolute atomic E-state index is 0.0487. The van der Waals surface area contributed by atoms with Crippen LogP contribution in [0.15, 0.2) is 36.4 Å². The van der Waals surface area contributed by atoms with Crippen molar-refractivity contribution >= 4 is 0 Å². The van der Waals surface area contributed by atoms with Gasteiger partial charge in [0.15, 0.2) is 17.9 Å². The highest BCUT2D eigenvalue weighted by molar-refractivity contribution is 5.37. The summed E-state index contributed by atoms with van der Waals surface area (Å²) in [5.74, 6) is -14.4. The number of alkyl halides is 7. The monoisotopic (exact) mass is 678 g/mol. The molecule has 0 spiro atoms. The molecule has 2 aliphatic rings. The number of rotatable bonds is 11. The van der Waals surface area contributed by atoms with E-state index in [-0.39, 0.29) is 61.8 Å². The van der Waals surface area contributed by atoms with E-state index in [0.29, 0.717) is 13.2 Å². The molecule has 1 aliphatic heterocycles. The summed E-state index contributed by atoms with van der Waals surface area (Å²) >= 11 is 0. The van der Waals surface area contributed by atoms with Crippen LogP contribution >= 0.6 is 0 Å². The van der Waals surface area contributed by atoms with Crippen molar-refractivity contribution in [3.05, 3.63) is 65.2 Å². The standard InChI is InChI=1S/C30H29F11O5/c1-2-3-4-5-16-14-42-27(43-15-16)17-6-8-18(9-7-17)28(35,36)44-19-10-21(31)25(22(32)11-19)29(37,38)45-20-12-23(33)26(24(34)13-20)46-30(39,40)41/h2-3,10-13,16-18,27H,4-9,14-15H2,1H3/b3-2+. The van der Waals surface area contributed by atoms with Crippen LogP contribution in [0.4, 0.5) is 48.3 Å². The molecule has 2 aromatic rings. The number of allylic oxidation sites excluding steroid dienone is 2. The van der Waals surface area contributed by atoms with Crippen molar-refractivity contribution in [1.82, 2.24) is 0 Å². The number of hydrogen-bond acceptors (Lipinski definition) is 5. The maximum absolute atomic E-state index is 15.0. The van der Waals surface area contributed by atoms with E-state index >= 15 is 8.78 Å². The van der Waals surface area contributed by atoms with Crippen molar-refractivity contribution in [3.8, 4) is 17.2 Å². The smallest absolute Gasteiger partial charge is 0.432 e. The van der Waals surface area contributed by atoms with E-state index in [9.17, 15) is 39.5 Å². The van der Waals surface area contributed by atoms with Crippen LogP contribution in [-0.4, -0.2) is 32.0 Å². The molecule has 4 rings (SSSR count). The first-order valence-corrected chi connectivity index (χ1v) is 14.2. The molecule has 0 radical (unpaired) electrons. The van der Waals surface area contributed by atoms with E-state index in [2.05, 4.69) is 14.2 Å². The number of halogens is 11. The number of hydrogen-bond donors (Lipinski definition) is 0. The molecule has 0 atom stereocenters. The Labute approximate surface area is 256 Å². The van der Waals surface area contributed by atoms with E-state index in [1.54, 1.807) is 0 Å². The van der Waals surface area contributed by atoms with Crippen LogP contribution in [0.2, 0.25) is 0 Å². The van der Waals surface area contributed by atoms with Crippen LogP contribution in [0.25, 0.3) is 0 Å². The molecule has 1 saturated heterocycles. The molecule has 0 aromatic heterocycles. The molecule has 16 heteroatoms. The van der Waals surface area contributed by atoms with E-state index in [0.717, 1.165) is 12.8 Å². The van der Waals surface area contributed by atoms with E-state index < -0.39 is 76.9 Å². The second-order valence-corrected chi connectivity index (χ2v) is 11.0. The Balaban J connectivity index is 1.37. The lowest BCUT2D eigenvalue weighted by molar-refractivity contribution is -0.276. The minimum Gasteiger partial charge on any atom is -0.432 e. The number of benzene rings is 2. The van der Waals surface area contributed by atoms with Crippen LogP contribution in [-0.2, 0) is 15.6 Å².